The normalized spacial score (nSPS) is 10.4. The zero-order valence-corrected chi connectivity index (χ0v) is 16.7. The zero-order chi connectivity index (χ0) is 20.8. The number of ether oxygens (including phenoxy) is 3. The Morgan fingerprint density at radius 3 is 2.55 bits per heavy atom. The van der Waals surface area contributed by atoms with Gasteiger partial charge in [0.15, 0.2) is 12.3 Å². The van der Waals surface area contributed by atoms with Gasteiger partial charge in [0.25, 0.3) is 5.91 Å². The van der Waals surface area contributed by atoms with Crippen LogP contribution < -0.4 is 14.8 Å². The molecule has 1 amide bonds. The number of aromatic nitrogens is 1. The molecule has 0 radical (unpaired) electrons. The lowest BCUT2D eigenvalue weighted by atomic mass is 10.2. The van der Waals surface area contributed by atoms with Gasteiger partial charge in [-0.25, -0.2) is 9.78 Å². The molecule has 3 aromatic rings. The van der Waals surface area contributed by atoms with Crippen LogP contribution in [0.4, 0.5) is 5.69 Å². The summed E-state index contributed by atoms with van der Waals surface area (Å²) in [6.07, 6.45) is 0. The number of carbonyl (C=O) groups is 2. The van der Waals surface area contributed by atoms with Crippen molar-refractivity contribution in [2.45, 2.75) is 6.92 Å². The van der Waals surface area contributed by atoms with Gasteiger partial charge in [0.05, 0.1) is 19.2 Å². The van der Waals surface area contributed by atoms with Crippen molar-refractivity contribution < 1.29 is 23.8 Å². The maximum absolute atomic E-state index is 12.3. The largest absolute Gasteiger partial charge is 0.497 e. The van der Waals surface area contributed by atoms with E-state index in [4.69, 9.17) is 25.8 Å². The number of hydrogen-bond acceptors (Lipinski definition) is 6. The predicted octanol–water partition coefficient (Wildman–Crippen LogP) is 4.09. The molecule has 0 unspecified atom stereocenters. The molecule has 0 bridgehead atoms. The smallest absolute Gasteiger partial charge is 0.357 e. The molecule has 1 aromatic heterocycles. The van der Waals surface area contributed by atoms with Gasteiger partial charge in [-0.15, -0.1) is 0 Å². The van der Waals surface area contributed by atoms with E-state index in [1.807, 2.05) is 0 Å². The number of amides is 1. The number of nitrogens with one attached hydrogen (secondary N) is 1. The Kier molecular flexibility index (Phi) is 6.51. The summed E-state index contributed by atoms with van der Waals surface area (Å²) in [5.74, 6) is 0.0630. The van der Waals surface area contributed by atoms with E-state index in [1.54, 1.807) is 56.5 Å². The SMILES string of the molecule is CCOC(=O)c1cc(OCC(=O)Nc2ccc(OC)cc2)c2cc(Cl)ccc2n1. The maximum Gasteiger partial charge on any atom is 0.357 e. The van der Waals surface area contributed by atoms with Crippen LogP contribution in [0.5, 0.6) is 11.5 Å². The van der Waals surface area contributed by atoms with Gasteiger partial charge in [-0.3, -0.25) is 4.79 Å². The van der Waals surface area contributed by atoms with Gasteiger partial charge in [0, 0.05) is 22.2 Å². The van der Waals surface area contributed by atoms with E-state index in [9.17, 15) is 9.59 Å². The van der Waals surface area contributed by atoms with Crippen molar-refractivity contribution in [3.8, 4) is 11.5 Å². The van der Waals surface area contributed by atoms with Crippen LogP contribution in [0.2, 0.25) is 5.02 Å². The molecule has 0 aliphatic heterocycles. The number of nitrogens with zero attached hydrogens (tertiary/aromatic N) is 1. The molecule has 0 atom stereocenters. The number of hydrogen-bond donors (Lipinski definition) is 1. The van der Waals surface area contributed by atoms with E-state index >= 15 is 0 Å². The fourth-order valence-corrected chi connectivity index (χ4v) is 2.78. The van der Waals surface area contributed by atoms with Crippen LogP contribution in [0.15, 0.2) is 48.5 Å². The summed E-state index contributed by atoms with van der Waals surface area (Å²) in [7, 11) is 1.57. The highest BCUT2D eigenvalue weighted by atomic mass is 35.5. The summed E-state index contributed by atoms with van der Waals surface area (Å²) < 4.78 is 15.8. The Morgan fingerprint density at radius 2 is 1.86 bits per heavy atom. The van der Waals surface area contributed by atoms with Crippen LogP contribution in [-0.2, 0) is 9.53 Å². The third-order valence-electron chi connectivity index (χ3n) is 3.95. The summed E-state index contributed by atoms with van der Waals surface area (Å²) in [5.41, 5.74) is 1.20. The molecular weight excluding hydrogens is 396 g/mol. The second-order valence-electron chi connectivity index (χ2n) is 5.95. The second-order valence-corrected chi connectivity index (χ2v) is 6.39. The highest BCUT2D eigenvalue weighted by Gasteiger charge is 2.15. The molecule has 3 rings (SSSR count). The molecule has 0 aliphatic rings. The average Bonchev–Trinajstić information content (AvgIpc) is 2.72. The number of halogens is 1. The fraction of sp³-hybridized carbons (Fsp3) is 0.190. The van der Waals surface area contributed by atoms with Crippen LogP contribution in [0.1, 0.15) is 17.4 Å². The number of anilines is 1. The van der Waals surface area contributed by atoms with E-state index in [0.717, 1.165) is 0 Å². The molecule has 0 saturated carbocycles. The number of pyridine rings is 1. The van der Waals surface area contributed by atoms with Crippen molar-refractivity contribution >= 4 is 40.1 Å². The summed E-state index contributed by atoms with van der Waals surface area (Å²) >= 11 is 6.07. The van der Waals surface area contributed by atoms with Gasteiger partial charge in [-0.05, 0) is 49.4 Å². The van der Waals surface area contributed by atoms with Gasteiger partial charge >= 0.3 is 5.97 Å². The van der Waals surface area contributed by atoms with Gasteiger partial charge < -0.3 is 19.5 Å². The van der Waals surface area contributed by atoms with Crippen molar-refractivity contribution in [1.82, 2.24) is 4.98 Å². The summed E-state index contributed by atoms with van der Waals surface area (Å²) in [4.78, 5) is 28.6. The topological polar surface area (TPSA) is 86.8 Å². The number of rotatable bonds is 7. The number of benzene rings is 2. The quantitative estimate of drug-likeness (QED) is 0.586. The van der Waals surface area contributed by atoms with Crippen molar-refractivity contribution in [1.29, 1.82) is 0 Å². The molecule has 8 heteroatoms. The van der Waals surface area contributed by atoms with Crippen molar-refractivity contribution in [2.24, 2.45) is 0 Å². The third kappa shape index (κ3) is 5.14. The first-order valence-corrected chi connectivity index (χ1v) is 9.22. The number of methoxy groups -OCH3 is 1. The highest BCUT2D eigenvalue weighted by Crippen LogP contribution is 2.28. The van der Waals surface area contributed by atoms with Gasteiger partial charge in [0.2, 0.25) is 0 Å². The molecule has 0 fully saturated rings. The number of fused-ring (bicyclic) bond motifs is 1. The molecule has 0 aliphatic carbocycles. The molecule has 150 valence electrons. The molecule has 7 nitrogen and oxygen atoms in total. The lowest BCUT2D eigenvalue weighted by Gasteiger charge is -2.12. The summed E-state index contributed by atoms with van der Waals surface area (Å²) in [5, 5.41) is 3.80. The van der Waals surface area contributed by atoms with Crippen molar-refractivity contribution in [2.75, 3.05) is 25.6 Å². The molecule has 2 aromatic carbocycles. The van der Waals surface area contributed by atoms with Crippen LogP contribution in [0, 0.1) is 0 Å². The lowest BCUT2D eigenvalue weighted by molar-refractivity contribution is -0.118. The third-order valence-corrected chi connectivity index (χ3v) is 4.18. The van der Waals surface area contributed by atoms with Crippen LogP contribution in [0.25, 0.3) is 10.9 Å². The first-order chi connectivity index (χ1) is 14.0. The molecular formula is C21H19ClN2O5. The lowest BCUT2D eigenvalue weighted by Crippen LogP contribution is -2.20. The predicted molar refractivity (Wildman–Crippen MR) is 110 cm³/mol. The van der Waals surface area contributed by atoms with Crippen LogP contribution in [0.3, 0.4) is 0 Å². The Hall–Kier alpha value is -3.32. The summed E-state index contributed by atoms with van der Waals surface area (Å²) in [6, 6.07) is 13.3. The first kappa shape index (κ1) is 20.4. The Labute approximate surface area is 172 Å². The molecule has 29 heavy (non-hydrogen) atoms. The van der Waals surface area contributed by atoms with E-state index in [1.165, 1.54) is 6.07 Å². The number of carbonyl (C=O) groups excluding carboxylic acids is 2. The van der Waals surface area contributed by atoms with Gasteiger partial charge in [-0.2, -0.15) is 0 Å². The van der Waals surface area contributed by atoms with Gasteiger partial charge in [0.1, 0.15) is 11.5 Å². The first-order valence-electron chi connectivity index (χ1n) is 8.84. The Bertz CT molecular complexity index is 1040. The van der Waals surface area contributed by atoms with E-state index < -0.39 is 5.97 Å². The Morgan fingerprint density at radius 1 is 1.10 bits per heavy atom. The molecule has 1 heterocycles. The highest BCUT2D eigenvalue weighted by molar-refractivity contribution is 6.31. The van der Waals surface area contributed by atoms with E-state index in [2.05, 4.69) is 10.3 Å². The monoisotopic (exact) mass is 414 g/mol. The maximum atomic E-state index is 12.3. The average molecular weight is 415 g/mol. The van der Waals surface area contributed by atoms with Crippen LogP contribution in [-0.4, -0.2) is 37.2 Å². The minimum absolute atomic E-state index is 0.0900. The minimum atomic E-state index is -0.572. The van der Waals surface area contributed by atoms with Crippen molar-refractivity contribution in [3.05, 3.63) is 59.2 Å². The molecule has 0 saturated heterocycles. The molecule has 0 spiro atoms. The fourth-order valence-electron chi connectivity index (χ4n) is 2.61. The molecule has 1 N–H and O–H groups in total. The van der Waals surface area contributed by atoms with Gasteiger partial charge in [-0.1, -0.05) is 11.6 Å². The number of esters is 1. The minimum Gasteiger partial charge on any atom is -0.497 e. The zero-order valence-electron chi connectivity index (χ0n) is 15.9. The van der Waals surface area contributed by atoms with Crippen molar-refractivity contribution in [3.63, 3.8) is 0 Å². The van der Waals surface area contributed by atoms with E-state index in [0.29, 0.717) is 33.1 Å². The second kappa shape index (κ2) is 9.25. The Balaban J connectivity index is 1.79. The van der Waals surface area contributed by atoms with E-state index in [-0.39, 0.29) is 24.8 Å². The summed E-state index contributed by atoms with van der Waals surface area (Å²) in [6.45, 7) is 1.67. The van der Waals surface area contributed by atoms with Crippen LogP contribution >= 0.6 is 11.6 Å². The standard InChI is InChI=1S/C21H19ClN2O5/c1-3-28-21(26)18-11-19(16-10-13(22)4-9-17(16)24-18)29-12-20(25)23-14-5-7-15(27-2)8-6-14/h4-11H,3,12H2,1-2H3,(H,23,25).